The van der Waals surface area contributed by atoms with Crippen molar-refractivity contribution in [3.8, 4) is 11.4 Å². The van der Waals surface area contributed by atoms with E-state index < -0.39 is 31.4 Å². The summed E-state index contributed by atoms with van der Waals surface area (Å²) in [5, 5.41) is 18.4. The monoisotopic (exact) mass is 905 g/mol. The Hall–Kier alpha value is -5.81. The molecular formula is C47H52ClN9O6S. The second kappa shape index (κ2) is 17.6. The molecule has 0 atom stereocenters. The van der Waals surface area contributed by atoms with Crippen LogP contribution in [-0.4, -0.2) is 108 Å². The Labute approximate surface area is 377 Å². The van der Waals surface area contributed by atoms with Gasteiger partial charge >= 0.3 is 5.69 Å². The standard InChI is InChI=1S/C47H52ClN9O6S/c1-47(2)16-12-34(39(27-47)32-4-6-35(48)7-5-32)29-54-20-22-55(23-21-54)36-8-10-38(41(25-36)56-42-24-33-13-17-49-45(33)51-40(42)28-50-56)46(58)52-64(61,62)37-9-11-44(43(26-37)57(59)60)63-30-31-14-18-53(3)19-15-31/h4-11,13,17,24-26,28,31H,12,14-16,18-23,27,29-30H2,1-3H3,(H,49,51)(H,52,58). The summed E-state index contributed by atoms with van der Waals surface area (Å²) in [5.41, 5.74) is 6.97. The van der Waals surface area contributed by atoms with Gasteiger partial charge in [0.1, 0.15) is 11.2 Å². The molecule has 3 aromatic heterocycles. The average Bonchev–Trinajstić information content (AvgIpc) is 3.92. The minimum Gasteiger partial charge on any atom is -0.487 e. The summed E-state index contributed by atoms with van der Waals surface area (Å²) < 4.78 is 37.3. The molecule has 2 N–H and O–H groups in total. The van der Waals surface area contributed by atoms with Crippen LogP contribution in [0.2, 0.25) is 5.02 Å². The van der Waals surface area contributed by atoms with E-state index in [1.165, 1.54) is 28.8 Å². The van der Waals surface area contributed by atoms with Crippen LogP contribution in [0.4, 0.5) is 11.4 Å². The molecule has 1 amide bonds. The molecule has 334 valence electrons. The lowest BCUT2D eigenvalue weighted by Gasteiger charge is -2.39. The number of nitrogens with one attached hydrogen (secondary N) is 2. The SMILES string of the molecule is CN1CCC(COc2ccc(S(=O)(=O)NC(=O)c3ccc(N4CCN(CC5=C(c6ccc(Cl)cc6)CC(C)(C)CC5)CC4)cc3-n3ncc4nc5[nH]ccc5cc43)cc2[N+](=O)[O-])CC1. The highest BCUT2D eigenvalue weighted by atomic mass is 35.5. The molecule has 0 radical (unpaired) electrons. The molecule has 0 saturated carbocycles. The van der Waals surface area contributed by atoms with E-state index in [1.807, 2.05) is 43.4 Å². The number of H-pyrrole nitrogens is 1. The highest BCUT2D eigenvalue weighted by molar-refractivity contribution is 7.90. The van der Waals surface area contributed by atoms with E-state index in [-0.39, 0.29) is 29.3 Å². The first kappa shape index (κ1) is 43.4. The third-order valence-corrected chi connectivity index (χ3v) is 14.6. The third kappa shape index (κ3) is 9.23. The molecule has 5 heterocycles. The molecule has 3 aromatic carbocycles. The molecule has 6 aromatic rings. The molecule has 64 heavy (non-hydrogen) atoms. The number of halogens is 1. The van der Waals surface area contributed by atoms with Gasteiger partial charge in [0.05, 0.1) is 39.4 Å². The summed E-state index contributed by atoms with van der Waals surface area (Å²) >= 11 is 6.26. The van der Waals surface area contributed by atoms with E-state index in [1.54, 1.807) is 23.1 Å². The number of sulfonamides is 1. The Morgan fingerprint density at radius 3 is 2.52 bits per heavy atom. The van der Waals surface area contributed by atoms with Gasteiger partial charge in [0.25, 0.3) is 15.9 Å². The number of carbonyl (C=O) groups excluding carboxylic acids is 1. The lowest BCUT2D eigenvalue weighted by Crippen LogP contribution is -2.47. The first-order valence-corrected chi connectivity index (χ1v) is 23.6. The van der Waals surface area contributed by atoms with Crippen molar-refractivity contribution in [2.24, 2.45) is 11.3 Å². The van der Waals surface area contributed by atoms with Crippen LogP contribution in [0, 0.1) is 21.4 Å². The van der Waals surface area contributed by atoms with Crippen LogP contribution in [0.5, 0.6) is 5.75 Å². The Kier molecular flexibility index (Phi) is 12.0. The minimum absolute atomic E-state index is 0.0265. The number of rotatable bonds is 12. The highest BCUT2D eigenvalue weighted by Crippen LogP contribution is 2.43. The van der Waals surface area contributed by atoms with Gasteiger partial charge in [-0.1, -0.05) is 43.2 Å². The van der Waals surface area contributed by atoms with E-state index in [4.69, 9.17) is 21.3 Å². The van der Waals surface area contributed by atoms with Crippen molar-refractivity contribution in [1.29, 1.82) is 0 Å². The zero-order valence-corrected chi connectivity index (χ0v) is 37.8. The molecule has 15 nitrogen and oxygen atoms in total. The zero-order chi connectivity index (χ0) is 44.8. The number of benzene rings is 3. The number of nitro benzene ring substituents is 1. The predicted octanol–water partition coefficient (Wildman–Crippen LogP) is 8.09. The number of likely N-dealkylation sites (tertiary alicyclic amines) is 1. The van der Waals surface area contributed by atoms with Crippen molar-refractivity contribution in [1.82, 2.24) is 34.3 Å². The first-order valence-electron chi connectivity index (χ1n) is 21.8. The van der Waals surface area contributed by atoms with Crippen LogP contribution in [0.3, 0.4) is 0 Å². The molecule has 0 bridgehead atoms. The number of hydrogen-bond donors (Lipinski definition) is 2. The smallest absolute Gasteiger partial charge is 0.312 e. The quantitative estimate of drug-likeness (QED) is 0.0899. The predicted molar refractivity (Wildman–Crippen MR) is 249 cm³/mol. The number of aromatic amines is 1. The van der Waals surface area contributed by atoms with Crippen molar-refractivity contribution >= 4 is 66.5 Å². The summed E-state index contributed by atoms with van der Waals surface area (Å²) in [6.07, 6.45) is 8.39. The van der Waals surface area contributed by atoms with Crippen molar-refractivity contribution in [3.05, 3.63) is 117 Å². The summed E-state index contributed by atoms with van der Waals surface area (Å²) in [6, 6.07) is 20.7. The molecule has 1 aliphatic carbocycles. The van der Waals surface area contributed by atoms with Crippen molar-refractivity contribution in [3.63, 3.8) is 0 Å². The molecule has 17 heteroatoms. The molecule has 9 rings (SSSR count). The van der Waals surface area contributed by atoms with Gasteiger partial charge in [-0.05, 0) is 129 Å². The van der Waals surface area contributed by atoms with Crippen LogP contribution < -0.4 is 14.4 Å². The van der Waals surface area contributed by atoms with Crippen molar-refractivity contribution in [2.75, 3.05) is 64.4 Å². The Morgan fingerprint density at radius 1 is 1.00 bits per heavy atom. The second-order valence-electron chi connectivity index (χ2n) is 18.1. The molecule has 2 saturated heterocycles. The van der Waals surface area contributed by atoms with Gasteiger partial charge in [0.15, 0.2) is 5.75 Å². The van der Waals surface area contributed by atoms with Gasteiger partial charge in [0.2, 0.25) is 0 Å². The van der Waals surface area contributed by atoms with E-state index in [0.29, 0.717) is 22.4 Å². The Morgan fingerprint density at radius 2 is 1.77 bits per heavy atom. The maximum atomic E-state index is 14.2. The number of nitro groups is 1. The molecule has 0 spiro atoms. The van der Waals surface area contributed by atoms with Crippen molar-refractivity contribution < 1.29 is 22.9 Å². The lowest BCUT2D eigenvalue weighted by molar-refractivity contribution is -0.386. The molecule has 2 fully saturated rings. The number of nitrogens with zero attached hydrogens (tertiary/aromatic N) is 7. The zero-order valence-electron chi connectivity index (χ0n) is 36.2. The first-order chi connectivity index (χ1) is 30.7. The van der Waals surface area contributed by atoms with E-state index in [9.17, 15) is 23.3 Å². The van der Waals surface area contributed by atoms with Gasteiger partial charge in [-0.3, -0.25) is 19.8 Å². The second-order valence-corrected chi connectivity index (χ2v) is 20.3. The number of hydrogen-bond acceptors (Lipinski definition) is 11. The summed E-state index contributed by atoms with van der Waals surface area (Å²) in [6.45, 7) is 10.8. The molecule has 0 unspecified atom stereocenters. The number of piperazine rings is 1. The number of aromatic nitrogens is 4. The lowest BCUT2D eigenvalue weighted by atomic mass is 9.72. The average molecular weight is 907 g/mol. The summed E-state index contributed by atoms with van der Waals surface area (Å²) in [5.74, 6) is -0.717. The molecule has 3 aliphatic rings. The van der Waals surface area contributed by atoms with E-state index in [0.717, 1.165) is 100 Å². The number of piperidine rings is 1. The van der Waals surface area contributed by atoms with Crippen LogP contribution in [0.15, 0.2) is 95.7 Å². The number of carbonyl (C=O) groups is 1. The maximum Gasteiger partial charge on any atom is 0.312 e. The van der Waals surface area contributed by atoms with Gasteiger partial charge in [0, 0.05) is 61.1 Å². The largest absolute Gasteiger partial charge is 0.487 e. The summed E-state index contributed by atoms with van der Waals surface area (Å²) in [7, 11) is -2.54. The van der Waals surface area contributed by atoms with E-state index in [2.05, 4.69) is 55.5 Å². The van der Waals surface area contributed by atoms with Crippen molar-refractivity contribution in [2.45, 2.75) is 50.8 Å². The normalized spacial score (nSPS) is 17.9. The van der Waals surface area contributed by atoms with Crippen LogP contribution in [0.25, 0.3) is 33.3 Å². The molecule has 2 aliphatic heterocycles. The number of amides is 1. The van der Waals surface area contributed by atoms with Gasteiger partial charge in [-0.15, -0.1) is 0 Å². The number of fused-ring (bicyclic) bond motifs is 2. The number of allylic oxidation sites excluding steroid dienone is 1. The van der Waals surface area contributed by atoms with Crippen LogP contribution in [0.1, 0.15) is 61.9 Å². The van der Waals surface area contributed by atoms with Crippen LogP contribution >= 0.6 is 11.6 Å². The summed E-state index contributed by atoms with van der Waals surface area (Å²) in [4.78, 5) is 40.1. The number of anilines is 1. The number of ether oxygens (including phenoxy) is 1. The van der Waals surface area contributed by atoms with Crippen LogP contribution in [-0.2, 0) is 10.0 Å². The van der Waals surface area contributed by atoms with Gasteiger partial charge in [-0.2, -0.15) is 5.10 Å². The highest BCUT2D eigenvalue weighted by Gasteiger charge is 2.31. The molecular weight excluding hydrogens is 854 g/mol. The minimum atomic E-state index is -4.59. The van der Waals surface area contributed by atoms with Gasteiger partial charge in [-0.25, -0.2) is 22.8 Å². The Balaban J connectivity index is 0.970. The third-order valence-electron chi connectivity index (χ3n) is 13.0. The number of pyridine rings is 1. The Bertz CT molecular complexity index is 2880. The topological polar surface area (TPSA) is 172 Å². The van der Waals surface area contributed by atoms with E-state index >= 15 is 0 Å². The fourth-order valence-electron chi connectivity index (χ4n) is 9.20. The fourth-order valence-corrected chi connectivity index (χ4v) is 10.3. The fraction of sp³-hybridized carbons (Fsp3) is 0.383. The van der Waals surface area contributed by atoms with Gasteiger partial charge < -0.3 is 19.5 Å². The maximum absolute atomic E-state index is 14.2.